The highest BCUT2D eigenvalue weighted by molar-refractivity contribution is 5.70. The van der Waals surface area contributed by atoms with Crippen LogP contribution in [0.1, 0.15) is 43.4 Å². The first-order valence-electron chi connectivity index (χ1n) is 7.43. The van der Waals surface area contributed by atoms with E-state index in [1.165, 1.54) is 24.1 Å². The molecule has 2 aliphatic rings. The van der Waals surface area contributed by atoms with Crippen LogP contribution in [0.2, 0.25) is 0 Å². The molecule has 1 aromatic rings. The zero-order chi connectivity index (χ0) is 13.9. The maximum absolute atomic E-state index is 11.6. The predicted octanol–water partition coefficient (Wildman–Crippen LogP) is 2.81. The smallest absolute Gasteiger partial charge is 0.308 e. The van der Waals surface area contributed by atoms with Crippen molar-refractivity contribution in [3.63, 3.8) is 0 Å². The molecule has 4 heteroatoms. The van der Waals surface area contributed by atoms with Gasteiger partial charge in [0.1, 0.15) is 0 Å². The number of anilines is 1. The molecule has 0 radical (unpaired) electrons. The fraction of sp³-hybridized carbons (Fsp3) is 0.562. The summed E-state index contributed by atoms with van der Waals surface area (Å²) in [6.07, 6.45) is 2.72. The highest BCUT2D eigenvalue weighted by Gasteiger charge is 2.27. The van der Waals surface area contributed by atoms with Crippen molar-refractivity contribution in [3.05, 3.63) is 29.3 Å². The van der Waals surface area contributed by atoms with Crippen molar-refractivity contribution < 1.29 is 14.3 Å². The monoisotopic (exact) mass is 275 g/mol. The molecule has 0 bridgehead atoms. The van der Waals surface area contributed by atoms with Gasteiger partial charge in [-0.05, 0) is 43.0 Å². The first kappa shape index (κ1) is 13.4. The van der Waals surface area contributed by atoms with E-state index in [4.69, 9.17) is 9.47 Å². The van der Waals surface area contributed by atoms with Crippen molar-refractivity contribution in [1.82, 2.24) is 0 Å². The van der Waals surface area contributed by atoms with Gasteiger partial charge in [-0.3, -0.25) is 4.79 Å². The lowest BCUT2D eigenvalue weighted by molar-refractivity contribution is -0.146. The summed E-state index contributed by atoms with van der Waals surface area (Å²) in [6.45, 7) is 5.13. The van der Waals surface area contributed by atoms with Gasteiger partial charge in [0.15, 0.2) is 0 Å². The number of carbonyl (C=O) groups is 1. The Hall–Kier alpha value is -1.55. The topological polar surface area (TPSA) is 38.8 Å². The first-order valence-corrected chi connectivity index (χ1v) is 7.43. The quantitative estimate of drug-likeness (QED) is 0.792. The van der Waals surface area contributed by atoms with Crippen LogP contribution in [0.4, 0.5) is 5.69 Å². The van der Waals surface area contributed by atoms with Crippen LogP contribution in [0.3, 0.4) is 0 Å². The van der Waals surface area contributed by atoms with E-state index in [-0.39, 0.29) is 12.1 Å². The molecule has 4 nitrogen and oxygen atoms in total. The van der Waals surface area contributed by atoms with Crippen LogP contribution >= 0.6 is 0 Å². The van der Waals surface area contributed by atoms with Crippen molar-refractivity contribution in [3.8, 4) is 0 Å². The van der Waals surface area contributed by atoms with E-state index < -0.39 is 0 Å². The van der Waals surface area contributed by atoms with Gasteiger partial charge in [-0.2, -0.15) is 0 Å². The van der Waals surface area contributed by atoms with Crippen molar-refractivity contribution >= 4 is 11.7 Å². The van der Waals surface area contributed by atoms with Gasteiger partial charge in [0, 0.05) is 18.8 Å². The molecule has 2 heterocycles. The van der Waals surface area contributed by atoms with Crippen LogP contribution in [0, 0.1) is 0 Å². The van der Waals surface area contributed by atoms with Gasteiger partial charge in [0.2, 0.25) is 0 Å². The van der Waals surface area contributed by atoms with Crippen LogP contribution in [0.5, 0.6) is 0 Å². The summed E-state index contributed by atoms with van der Waals surface area (Å²) in [7, 11) is 0. The Morgan fingerprint density at radius 3 is 2.95 bits per heavy atom. The standard InChI is InChI=1S/C16H21NO3/c1-2-19-16(18)10-15-14-6-5-13(9-12(14)11-20-15)17-7-3-4-8-17/h5-6,9,15H,2-4,7-8,10-11H2,1H3/t15-/m1/s1. The Morgan fingerprint density at radius 1 is 1.40 bits per heavy atom. The van der Waals surface area contributed by atoms with Gasteiger partial charge in [-0.1, -0.05) is 6.07 Å². The zero-order valence-corrected chi connectivity index (χ0v) is 11.9. The number of ether oxygens (including phenoxy) is 2. The number of rotatable bonds is 4. The van der Waals surface area contributed by atoms with Crippen molar-refractivity contribution in [2.45, 2.75) is 38.9 Å². The Bertz CT molecular complexity index is 494. The van der Waals surface area contributed by atoms with E-state index in [2.05, 4.69) is 23.1 Å². The average molecular weight is 275 g/mol. The fourth-order valence-corrected chi connectivity index (χ4v) is 3.02. The second kappa shape index (κ2) is 5.83. The first-order chi connectivity index (χ1) is 9.78. The Morgan fingerprint density at radius 2 is 2.20 bits per heavy atom. The fourth-order valence-electron chi connectivity index (χ4n) is 3.02. The summed E-state index contributed by atoms with van der Waals surface area (Å²) in [5.74, 6) is -0.186. The van der Waals surface area contributed by atoms with E-state index >= 15 is 0 Å². The molecule has 1 atom stereocenters. The number of benzene rings is 1. The zero-order valence-electron chi connectivity index (χ0n) is 11.9. The molecule has 0 aromatic heterocycles. The number of esters is 1. The van der Waals surface area contributed by atoms with Crippen LogP contribution in [-0.2, 0) is 20.9 Å². The molecule has 20 heavy (non-hydrogen) atoms. The molecule has 0 aliphatic carbocycles. The number of hydrogen-bond acceptors (Lipinski definition) is 4. The SMILES string of the molecule is CCOC(=O)C[C@H]1OCc2cc(N3CCCC3)ccc21. The number of fused-ring (bicyclic) bond motifs is 1. The van der Waals surface area contributed by atoms with Crippen LogP contribution in [0.15, 0.2) is 18.2 Å². The van der Waals surface area contributed by atoms with Gasteiger partial charge in [0.05, 0.1) is 25.7 Å². The number of hydrogen-bond donors (Lipinski definition) is 0. The third kappa shape index (κ3) is 2.66. The van der Waals surface area contributed by atoms with Crippen LogP contribution < -0.4 is 4.90 Å². The van der Waals surface area contributed by atoms with Crippen molar-refractivity contribution in [1.29, 1.82) is 0 Å². The summed E-state index contributed by atoms with van der Waals surface area (Å²) in [5, 5.41) is 0. The Kier molecular flexibility index (Phi) is 3.92. The maximum Gasteiger partial charge on any atom is 0.308 e. The van der Waals surface area contributed by atoms with E-state index in [1.807, 2.05) is 6.92 Å². The molecule has 0 saturated carbocycles. The minimum Gasteiger partial charge on any atom is -0.466 e. The lowest BCUT2D eigenvalue weighted by Crippen LogP contribution is -2.17. The summed E-state index contributed by atoms with van der Waals surface area (Å²) < 4.78 is 10.7. The average Bonchev–Trinajstić information content (AvgIpc) is 3.08. The van der Waals surface area contributed by atoms with Crippen LogP contribution in [0.25, 0.3) is 0 Å². The molecular formula is C16H21NO3. The third-order valence-electron chi connectivity index (χ3n) is 4.04. The van der Waals surface area contributed by atoms with E-state index in [0.29, 0.717) is 19.6 Å². The van der Waals surface area contributed by atoms with E-state index in [9.17, 15) is 4.79 Å². The number of nitrogens with zero attached hydrogens (tertiary/aromatic N) is 1. The van der Waals surface area contributed by atoms with Gasteiger partial charge < -0.3 is 14.4 Å². The van der Waals surface area contributed by atoms with E-state index in [1.54, 1.807) is 0 Å². The van der Waals surface area contributed by atoms with E-state index in [0.717, 1.165) is 18.7 Å². The predicted molar refractivity (Wildman–Crippen MR) is 76.7 cm³/mol. The molecule has 2 aliphatic heterocycles. The number of carbonyl (C=O) groups excluding carboxylic acids is 1. The Labute approximate surface area is 119 Å². The summed E-state index contributed by atoms with van der Waals surface area (Å²) >= 11 is 0. The Balaban J connectivity index is 1.72. The van der Waals surface area contributed by atoms with Crippen molar-refractivity contribution in [2.75, 3.05) is 24.6 Å². The molecule has 1 fully saturated rings. The summed E-state index contributed by atoms with van der Waals surface area (Å²) in [6, 6.07) is 6.47. The summed E-state index contributed by atoms with van der Waals surface area (Å²) in [4.78, 5) is 14.0. The largest absolute Gasteiger partial charge is 0.466 e. The highest BCUT2D eigenvalue weighted by Crippen LogP contribution is 2.36. The minimum absolute atomic E-state index is 0.142. The highest BCUT2D eigenvalue weighted by atomic mass is 16.5. The molecule has 0 N–H and O–H groups in total. The molecule has 0 spiro atoms. The molecule has 0 unspecified atom stereocenters. The molecule has 1 saturated heterocycles. The van der Waals surface area contributed by atoms with Crippen molar-refractivity contribution in [2.24, 2.45) is 0 Å². The normalized spacial score (nSPS) is 21.1. The molecule has 3 rings (SSSR count). The van der Waals surface area contributed by atoms with Gasteiger partial charge in [-0.15, -0.1) is 0 Å². The molecular weight excluding hydrogens is 254 g/mol. The maximum atomic E-state index is 11.6. The molecule has 0 amide bonds. The second-order valence-corrected chi connectivity index (χ2v) is 5.39. The third-order valence-corrected chi connectivity index (χ3v) is 4.04. The molecule has 1 aromatic carbocycles. The minimum atomic E-state index is -0.186. The van der Waals surface area contributed by atoms with Gasteiger partial charge in [0.25, 0.3) is 0 Å². The second-order valence-electron chi connectivity index (χ2n) is 5.39. The lowest BCUT2D eigenvalue weighted by atomic mass is 10.0. The van der Waals surface area contributed by atoms with Gasteiger partial charge in [-0.25, -0.2) is 0 Å². The summed E-state index contributed by atoms with van der Waals surface area (Å²) in [5.41, 5.74) is 3.63. The lowest BCUT2D eigenvalue weighted by Gasteiger charge is -2.18. The van der Waals surface area contributed by atoms with Gasteiger partial charge >= 0.3 is 5.97 Å². The van der Waals surface area contributed by atoms with Crippen LogP contribution in [-0.4, -0.2) is 25.7 Å². The molecule has 108 valence electrons.